The molecule has 0 fully saturated rings. The molecule has 1 rings (SSSR count). The van der Waals surface area contributed by atoms with E-state index in [-0.39, 0.29) is 11.9 Å². The third-order valence-corrected chi connectivity index (χ3v) is 1.83. The number of nitrogens with two attached hydrogens (primary N) is 1. The highest BCUT2D eigenvalue weighted by Gasteiger charge is 2.15. The Balaban J connectivity index is 2.80. The highest BCUT2D eigenvalue weighted by Crippen LogP contribution is 2.21. The molecule has 66 valence electrons. The molecule has 1 unspecified atom stereocenters. The van der Waals surface area contributed by atoms with E-state index in [1.54, 1.807) is 13.2 Å². The average Bonchev–Trinajstić information content (AvgIpc) is 2.03. The van der Waals surface area contributed by atoms with Crippen LogP contribution in [0, 0.1) is 0 Å². The number of rotatable bonds is 2. The summed E-state index contributed by atoms with van der Waals surface area (Å²) in [5.41, 5.74) is 6.44. The van der Waals surface area contributed by atoms with Crippen molar-refractivity contribution in [3.05, 3.63) is 35.8 Å². The first-order valence-electron chi connectivity index (χ1n) is 3.73. The fourth-order valence-electron chi connectivity index (χ4n) is 1.12. The zero-order chi connectivity index (χ0) is 9.14. The largest absolute Gasteiger partial charge is 0.512 e. The van der Waals surface area contributed by atoms with Gasteiger partial charge in [0.2, 0.25) is 0 Å². The predicted octanol–water partition coefficient (Wildman–Crippen LogP) is 1.25. The molecule has 0 radical (unpaired) electrons. The Morgan fingerprint density at radius 2 is 2.50 bits per heavy atom. The first-order chi connectivity index (χ1) is 5.65. The molecule has 0 saturated heterocycles. The van der Waals surface area contributed by atoms with Gasteiger partial charge in [-0.05, 0) is 0 Å². The summed E-state index contributed by atoms with van der Waals surface area (Å²) in [5.74, 6) is 0.247. The van der Waals surface area contributed by atoms with Crippen molar-refractivity contribution in [1.29, 1.82) is 0 Å². The molecule has 0 saturated carbocycles. The first-order valence-corrected chi connectivity index (χ1v) is 3.73. The number of hydrogen-bond donors (Lipinski definition) is 2. The Kier molecular flexibility index (Phi) is 2.55. The quantitative estimate of drug-likeness (QED) is 0.650. The van der Waals surface area contributed by atoms with Gasteiger partial charge in [-0.15, -0.1) is 0 Å². The predicted molar refractivity (Wildman–Crippen MR) is 47.5 cm³/mol. The van der Waals surface area contributed by atoms with Crippen molar-refractivity contribution in [3.8, 4) is 0 Å². The van der Waals surface area contributed by atoms with Crippen LogP contribution in [0.2, 0.25) is 0 Å². The molecule has 0 aromatic rings. The van der Waals surface area contributed by atoms with Crippen LogP contribution < -0.4 is 5.73 Å². The maximum Gasteiger partial charge on any atom is 0.104 e. The Morgan fingerprint density at radius 1 is 1.83 bits per heavy atom. The van der Waals surface area contributed by atoms with E-state index in [2.05, 4.69) is 6.58 Å². The van der Waals surface area contributed by atoms with Gasteiger partial charge in [0.1, 0.15) is 5.76 Å². The van der Waals surface area contributed by atoms with Crippen molar-refractivity contribution < 1.29 is 9.84 Å². The number of allylic oxidation sites excluding steroid dienone is 1. The highest BCUT2D eigenvalue weighted by atomic mass is 16.5. The number of aliphatic hydroxyl groups excluding tert-OH is 1. The van der Waals surface area contributed by atoms with E-state index in [1.807, 2.05) is 6.08 Å². The topological polar surface area (TPSA) is 55.5 Å². The third-order valence-electron chi connectivity index (χ3n) is 1.83. The molecule has 0 heterocycles. The van der Waals surface area contributed by atoms with E-state index in [1.165, 1.54) is 0 Å². The summed E-state index contributed by atoms with van der Waals surface area (Å²) in [6.07, 6.45) is 4.01. The smallest absolute Gasteiger partial charge is 0.104 e. The summed E-state index contributed by atoms with van der Waals surface area (Å²) in [5, 5.41) is 9.45. The van der Waals surface area contributed by atoms with Gasteiger partial charge >= 0.3 is 0 Å². The molecule has 0 aromatic carbocycles. The molecule has 1 atom stereocenters. The number of aliphatic hydroxyl groups is 1. The lowest BCUT2D eigenvalue weighted by Crippen LogP contribution is -2.14. The number of ether oxygens (including phenoxy) is 1. The van der Waals surface area contributed by atoms with E-state index in [4.69, 9.17) is 10.5 Å². The van der Waals surface area contributed by atoms with Crippen molar-refractivity contribution >= 4 is 0 Å². The van der Waals surface area contributed by atoms with E-state index in [0.717, 1.165) is 0 Å². The zero-order valence-electron chi connectivity index (χ0n) is 7.08. The van der Waals surface area contributed by atoms with E-state index in [9.17, 15) is 5.11 Å². The van der Waals surface area contributed by atoms with Crippen molar-refractivity contribution in [3.63, 3.8) is 0 Å². The summed E-state index contributed by atoms with van der Waals surface area (Å²) in [6.45, 7) is 3.55. The Morgan fingerprint density at radius 3 is 2.92 bits per heavy atom. The maximum absolute atomic E-state index is 9.45. The second-order valence-electron chi connectivity index (χ2n) is 2.72. The minimum atomic E-state index is -0.0481. The molecule has 1 aliphatic carbocycles. The summed E-state index contributed by atoms with van der Waals surface area (Å²) in [6, 6.07) is 0. The standard InChI is InChI=1S/C9H13NO2/c1-6(10)8-4-3-7(12-2)5-9(8)11/h3-4,7,11H,1,5,10H2,2H3. The van der Waals surface area contributed by atoms with Gasteiger partial charge in [-0.3, -0.25) is 0 Å². The Hall–Kier alpha value is -1.22. The Bertz CT molecular complexity index is 253. The minimum absolute atomic E-state index is 0.0481. The molecule has 0 spiro atoms. The highest BCUT2D eigenvalue weighted by molar-refractivity contribution is 5.41. The molecule has 3 heteroatoms. The van der Waals surface area contributed by atoms with Crippen molar-refractivity contribution in [2.45, 2.75) is 12.5 Å². The summed E-state index contributed by atoms with van der Waals surface area (Å²) in [4.78, 5) is 0. The van der Waals surface area contributed by atoms with E-state index < -0.39 is 0 Å². The van der Waals surface area contributed by atoms with Crippen molar-refractivity contribution in [2.24, 2.45) is 5.73 Å². The van der Waals surface area contributed by atoms with Crippen LogP contribution in [0.1, 0.15) is 6.42 Å². The maximum atomic E-state index is 9.45. The van der Waals surface area contributed by atoms with Gasteiger partial charge in [-0.1, -0.05) is 18.7 Å². The molecule has 1 aliphatic rings. The van der Waals surface area contributed by atoms with Crippen LogP contribution in [0.3, 0.4) is 0 Å². The van der Waals surface area contributed by atoms with Crippen LogP contribution in [0.15, 0.2) is 35.8 Å². The second-order valence-corrected chi connectivity index (χ2v) is 2.72. The van der Waals surface area contributed by atoms with Crippen molar-refractivity contribution in [1.82, 2.24) is 0 Å². The van der Waals surface area contributed by atoms with E-state index >= 15 is 0 Å². The summed E-state index contributed by atoms with van der Waals surface area (Å²) >= 11 is 0. The average molecular weight is 167 g/mol. The minimum Gasteiger partial charge on any atom is -0.512 e. The second kappa shape index (κ2) is 3.45. The fraction of sp³-hybridized carbons (Fsp3) is 0.333. The molecular formula is C9H13NO2. The van der Waals surface area contributed by atoms with Crippen LogP contribution in [0.25, 0.3) is 0 Å². The van der Waals surface area contributed by atoms with Crippen LogP contribution >= 0.6 is 0 Å². The van der Waals surface area contributed by atoms with Gasteiger partial charge in [0.05, 0.1) is 6.10 Å². The third kappa shape index (κ3) is 1.68. The molecule has 0 aliphatic heterocycles. The van der Waals surface area contributed by atoms with Crippen LogP contribution in [0.5, 0.6) is 0 Å². The van der Waals surface area contributed by atoms with Crippen LogP contribution in [-0.4, -0.2) is 18.3 Å². The summed E-state index contributed by atoms with van der Waals surface area (Å²) in [7, 11) is 1.60. The molecule has 0 aromatic heterocycles. The molecule has 0 amide bonds. The zero-order valence-corrected chi connectivity index (χ0v) is 7.08. The van der Waals surface area contributed by atoms with E-state index in [0.29, 0.717) is 17.7 Å². The lowest BCUT2D eigenvalue weighted by atomic mass is 10.0. The molecule has 12 heavy (non-hydrogen) atoms. The molecule has 3 N–H and O–H groups in total. The van der Waals surface area contributed by atoms with Gasteiger partial charge in [0, 0.05) is 24.8 Å². The monoisotopic (exact) mass is 167 g/mol. The van der Waals surface area contributed by atoms with Gasteiger partial charge < -0.3 is 15.6 Å². The molecule has 3 nitrogen and oxygen atoms in total. The molecular weight excluding hydrogens is 154 g/mol. The number of methoxy groups -OCH3 is 1. The lowest BCUT2D eigenvalue weighted by molar-refractivity contribution is 0.127. The van der Waals surface area contributed by atoms with Gasteiger partial charge in [0.25, 0.3) is 0 Å². The van der Waals surface area contributed by atoms with Gasteiger partial charge in [-0.25, -0.2) is 0 Å². The summed E-state index contributed by atoms with van der Waals surface area (Å²) < 4.78 is 5.04. The normalized spacial score (nSPS) is 22.9. The van der Waals surface area contributed by atoms with Gasteiger partial charge in [0.15, 0.2) is 0 Å². The number of hydrogen-bond acceptors (Lipinski definition) is 3. The SMILES string of the molecule is C=C(N)C1=C(O)CC(OC)C=C1. The molecule has 0 bridgehead atoms. The Labute approximate surface area is 71.8 Å². The van der Waals surface area contributed by atoms with Crippen molar-refractivity contribution in [2.75, 3.05) is 7.11 Å². The first kappa shape index (κ1) is 8.87. The lowest BCUT2D eigenvalue weighted by Gasteiger charge is -2.17. The fourth-order valence-corrected chi connectivity index (χ4v) is 1.12. The van der Waals surface area contributed by atoms with Gasteiger partial charge in [-0.2, -0.15) is 0 Å². The van der Waals surface area contributed by atoms with Crippen LogP contribution in [-0.2, 0) is 4.74 Å². The van der Waals surface area contributed by atoms with Crippen LogP contribution in [0.4, 0.5) is 0 Å².